The van der Waals surface area contributed by atoms with E-state index in [0.29, 0.717) is 6.54 Å². The lowest BCUT2D eigenvalue weighted by Crippen LogP contribution is -2.42. The summed E-state index contributed by atoms with van der Waals surface area (Å²) in [6.07, 6.45) is 2.84. The van der Waals surface area contributed by atoms with Gasteiger partial charge in [-0.2, -0.15) is 5.10 Å². The topological polar surface area (TPSA) is 59.0 Å². The molecule has 1 heterocycles. The monoisotopic (exact) mass is 224 g/mol. The van der Waals surface area contributed by atoms with Crippen LogP contribution in [0.3, 0.4) is 0 Å². The third kappa shape index (κ3) is 4.02. The van der Waals surface area contributed by atoms with Gasteiger partial charge in [0.2, 0.25) is 5.91 Å². The summed E-state index contributed by atoms with van der Waals surface area (Å²) in [4.78, 5) is 11.5. The summed E-state index contributed by atoms with van der Waals surface area (Å²) in [5, 5.41) is 10.2. The van der Waals surface area contributed by atoms with Gasteiger partial charge in [-0.05, 0) is 19.4 Å². The van der Waals surface area contributed by atoms with E-state index >= 15 is 0 Å². The van der Waals surface area contributed by atoms with Crippen molar-refractivity contribution in [3.8, 4) is 0 Å². The summed E-state index contributed by atoms with van der Waals surface area (Å²) in [7, 11) is 1.88. The van der Waals surface area contributed by atoms with Crippen LogP contribution in [0.15, 0.2) is 12.3 Å². The Kier molecular flexibility index (Phi) is 4.98. The Morgan fingerprint density at radius 2 is 2.38 bits per heavy atom. The smallest absolute Gasteiger partial charge is 0.236 e. The predicted octanol–water partition coefficient (Wildman–Crippen LogP) is 0.424. The van der Waals surface area contributed by atoms with Crippen LogP contribution in [0.25, 0.3) is 0 Å². The summed E-state index contributed by atoms with van der Waals surface area (Å²) in [6, 6.07) is 1.75. The maximum Gasteiger partial charge on any atom is 0.236 e. The van der Waals surface area contributed by atoms with Gasteiger partial charge in [-0.1, -0.05) is 6.92 Å². The van der Waals surface area contributed by atoms with E-state index in [1.54, 1.807) is 4.68 Å². The molecule has 0 bridgehead atoms. The molecule has 1 atom stereocenters. The number of aryl methyl sites for hydroxylation is 1. The maximum absolute atomic E-state index is 11.5. The van der Waals surface area contributed by atoms with Crippen molar-refractivity contribution in [1.29, 1.82) is 0 Å². The highest BCUT2D eigenvalue weighted by molar-refractivity contribution is 5.81. The molecule has 0 saturated heterocycles. The van der Waals surface area contributed by atoms with Crippen LogP contribution in [-0.4, -0.2) is 28.3 Å². The van der Waals surface area contributed by atoms with Crippen LogP contribution in [0.4, 0.5) is 0 Å². The molecule has 5 heteroatoms. The van der Waals surface area contributed by atoms with Gasteiger partial charge in [0.25, 0.3) is 0 Å². The van der Waals surface area contributed by atoms with Gasteiger partial charge in [-0.15, -0.1) is 0 Å². The van der Waals surface area contributed by atoms with Gasteiger partial charge in [0.05, 0.1) is 11.7 Å². The van der Waals surface area contributed by atoms with Gasteiger partial charge in [-0.3, -0.25) is 9.48 Å². The molecule has 1 aromatic rings. The lowest BCUT2D eigenvalue weighted by Gasteiger charge is -2.12. The van der Waals surface area contributed by atoms with Crippen molar-refractivity contribution in [1.82, 2.24) is 20.4 Å². The van der Waals surface area contributed by atoms with Crippen LogP contribution in [0.1, 0.15) is 26.0 Å². The average molecular weight is 224 g/mol. The number of amides is 1. The third-order valence-corrected chi connectivity index (χ3v) is 2.30. The molecule has 0 aliphatic rings. The Hall–Kier alpha value is -1.36. The van der Waals surface area contributed by atoms with E-state index in [1.165, 1.54) is 0 Å². The molecule has 0 fully saturated rings. The molecule has 1 aromatic heterocycles. The summed E-state index contributed by atoms with van der Waals surface area (Å²) in [5.74, 6) is 0.0396. The quantitative estimate of drug-likeness (QED) is 0.736. The van der Waals surface area contributed by atoms with Crippen molar-refractivity contribution in [3.63, 3.8) is 0 Å². The van der Waals surface area contributed by atoms with Gasteiger partial charge in [0, 0.05) is 26.3 Å². The van der Waals surface area contributed by atoms with Crippen molar-refractivity contribution in [2.75, 3.05) is 6.54 Å². The Bertz CT molecular complexity index is 334. The number of nitrogens with zero attached hydrogens (tertiary/aromatic N) is 2. The van der Waals surface area contributed by atoms with E-state index in [-0.39, 0.29) is 11.9 Å². The second-order valence-corrected chi connectivity index (χ2v) is 3.87. The second-order valence-electron chi connectivity index (χ2n) is 3.87. The van der Waals surface area contributed by atoms with Gasteiger partial charge >= 0.3 is 0 Å². The number of nitrogens with one attached hydrogen (secondary N) is 2. The van der Waals surface area contributed by atoms with Crippen LogP contribution < -0.4 is 10.6 Å². The Morgan fingerprint density at radius 3 is 2.94 bits per heavy atom. The van der Waals surface area contributed by atoms with Crippen molar-refractivity contribution in [2.24, 2.45) is 7.05 Å². The second kappa shape index (κ2) is 6.27. The van der Waals surface area contributed by atoms with Gasteiger partial charge < -0.3 is 10.6 Å². The number of hydrogen-bond donors (Lipinski definition) is 2. The zero-order chi connectivity index (χ0) is 12.0. The van der Waals surface area contributed by atoms with Gasteiger partial charge in [0.1, 0.15) is 0 Å². The van der Waals surface area contributed by atoms with Crippen molar-refractivity contribution in [2.45, 2.75) is 32.9 Å². The summed E-state index contributed by atoms with van der Waals surface area (Å²) >= 11 is 0. The van der Waals surface area contributed by atoms with Crippen molar-refractivity contribution >= 4 is 5.91 Å². The van der Waals surface area contributed by atoms with Crippen LogP contribution in [0.5, 0.6) is 0 Å². The molecule has 0 saturated carbocycles. The van der Waals surface area contributed by atoms with E-state index in [4.69, 9.17) is 0 Å². The number of carbonyl (C=O) groups is 1. The molecule has 16 heavy (non-hydrogen) atoms. The molecule has 0 radical (unpaired) electrons. The fourth-order valence-corrected chi connectivity index (χ4v) is 1.31. The Labute approximate surface area is 96.2 Å². The highest BCUT2D eigenvalue weighted by Crippen LogP contribution is 1.94. The first-order valence-corrected chi connectivity index (χ1v) is 5.63. The van der Waals surface area contributed by atoms with E-state index in [1.807, 2.05) is 33.2 Å². The predicted molar refractivity (Wildman–Crippen MR) is 62.8 cm³/mol. The standard InChI is InChI=1S/C11H20N4O/c1-4-6-12-11(16)9(2)13-8-10-5-7-15(3)14-10/h5,7,9,13H,4,6,8H2,1-3H3,(H,12,16). The van der Waals surface area contributed by atoms with E-state index in [9.17, 15) is 4.79 Å². The molecule has 2 N–H and O–H groups in total. The fourth-order valence-electron chi connectivity index (χ4n) is 1.31. The molecule has 0 spiro atoms. The first-order valence-electron chi connectivity index (χ1n) is 5.63. The number of hydrogen-bond acceptors (Lipinski definition) is 3. The lowest BCUT2D eigenvalue weighted by molar-refractivity contribution is -0.122. The molecule has 0 aliphatic heterocycles. The lowest BCUT2D eigenvalue weighted by atomic mass is 10.3. The molecular weight excluding hydrogens is 204 g/mol. The number of carbonyl (C=O) groups excluding carboxylic acids is 1. The molecule has 90 valence electrons. The van der Waals surface area contributed by atoms with E-state index in [2.05, 4.69) is 15.7 Å². The molecule has 1 amide bonds. The van der Waals surface area contributed by atoms with Crippen molar-refractivity contribution in [3.05, 3.63) is 18.0 Å². The van der Waals surface area contributed by atoms with E-state index < -0.39 is 0 Å². The normalized spacial score (nSPS) is 12.4. The first kappa shape index (κ1) is 12.7. The fraction of sp³-hybridized carbons (Fsp3) is 0.636. The highest BCUT2D eigenvalue weighted by Gasteiger charge is 2.11. The van der Waals surface area contributed by atoms with Crippen LogP contribution >= 0.6 is 0 Å². The maximum atomic E-state index is 11.5. The van der Waals surface area contributed by atoms with E-state index in [0.717, 1.165) is 18.7 Å². The zero-order valence-electron chi connectivity index (χ0n) is 10.2. The van der Waals surface area contributed by atoms with Crippen molar-refractivity contribution < 1.29 is 4.79 Å². The highest BCUT2D eigenvalue weighted by atomic mass is 16.2. The summed E-state index contributed by atoms with van der Waals surface area (Å²) in [6.45, 7) is 5.23. The minimum atomic E-state index is -0.187. The Morgan fingerprint density at radius 1 is 1.62 bits per heavy atom. The molecular formula is C11H20N4O. The molecule has 1 rings (SSSR count). The first-order chi connectivity index (χ1) is 7.63. The summed E-state index contributed by atoms with van der Waals surface area (Å²) < 4.78 is 1.75. The third-order valence-electron chi connectivity index (χ3n) is 2.30. The molecule has 0 aromatic carbocycles. The minimum Gasteiger partial charge on any atom is -0.355 e. The molecule has 1 unspecified atom stereocenters. The minimum absolute atomic E-state index is 0.0396. The molecule has 5 nitrogen and oxygen atoms in total. The number of aromatic nitrogens is 2. The summed E-state index contributed by atoms with van der Waals surface area (Å²) in [5.41, 5.74) is 0.942. The molecule has 0 aliphatic carbocycles. The van der Waals surface area contributed by atoms with Crippen LogP contribution in [-0.2, 0) is 18.4 Å². The largest absolute Gasteiger partial charge is 0.355 e. The van der Waals surface area contributed by atoms with Gasteiger partial charge in [0.15, 0.2) is 0 Å². The van der Waals surface area contributed by atoms with Crippen LogP contribution in [0.2, 0.25) is 0 Å². The number of rotatable bonds is 6. The zero-order valence-corrected chi connectivity index (χ0v) is 10.2. The van der Waals surface area contributed by atoms with Crippen LogP contribution in [0, 0.1) is 0 Å². The average Bonchev–Trinajstić information content (AvgIpc) is 2.68. The Balaban J connectivity index is 2.29. The van der Waals surface area contributed by atoms with Gasteiger partial charge in [-0.25, -0.2) is 0 Å². The SMILES string of the molecule is CCCNC(=O)C(C)NCc1ccn(C)n1.